The summed E-state index contributed by atoms with van der Waals surface area (Å²) in [7, 11) is 0. The second-order valence-electron chi connectivity index (χ2n) is 5.54. The fraction of sp³-hybridized carbons (Fsp3) is 0.235. The molecule has 0 heterocycles. The van der Waals surface area contributed by atoms with E-state index >= 15 is 0 Å². The van der Waals surface area contributed by atoms with Crippen LogP contribution in [0.4, 0.5) is 5.69 Å². The molecule has 1 unspecified atom stereocenters. The number of nitro groups is 1. The van der Waals surface area contributed by atoms with Gasteiger partial charge in [-0.25, -0.2) is 0 Å². The number of hydrogen-bond acceptors (Lipinski definition) is 3. The van der Waals surface area contributed by atoms with Gasteiger partial charge >= 0.3 is 0 Å². The standard InChI is InChI=1S/C17H15ClN2O3/c18-14-9-8-12(10-16(14)20(22)23)17(21)19-15-7-3-5-11-4-1-2-6-13(11)15/h1-2,4,6,8-10,15H,3,5,7H2,(H,19,21). The molecule has 6 heteroatoms. The van der Waals surface area contributed by atoms with Gasteiger partial charge in [0.25, 0.3) is 11.6 Å². The first-order valence-corrected chi connectivity index (χ1v) is 7.76. The molecule has 5 nitrogen and oxygen atoms in total. The number of rotatable bonds is 3. The normalized spacial score (nSPS) is 16.5. The van der Waals surface area contributed by atoms with Crippen molar-refractivity contribution >= 4 is 23.2 Å². The quantitative estimate of drug-likeness (QED) is 0.681. The van der Waals surface area contributed by atoms with E-state index in [1.807, 2.05) is 18.2 Å². The Hall–Kier alpha value is -2.40. The van der Waals surface area contributed by atoms with Crippen molar-refractivity contribution in [3.8, 4) is 0 Å². The number of hydrogen-bond donors (Lipinski definition) is 1. The molecular weight excluding hydrogens is 316 g/mol. The van der Waals surface area contributed by atoms with Gasteiger partial charge in [0.15, 0.2) is 0 Å². The van der Waals surface area contributed by atoms with E-state index in [1.165, 1.54) is 23.8 Å². The Morgan fingerprint density at radius 2 is 2.04 bits per heavy atom. The second-order valence-corrected chi connectivity index (χ2v) is 5.95. The molecule has 23 heavy (non-hydrogen) atoms. The summed E-state index contributed by atoms with van der Waals surface area (Å²) in [5.41, 5.74) is 2.34. The van der Waals surface area contributed by atoms with Gasteiger partial charge in [-0.3, -0.25) is 14.9 Å². The van der Waals surface area contributed by atoms with Crippen LogP contribution in [0.25, 0.3) is 0 Å². The number of fused-ring (bicyclic) bond motifs is 1. The molecule has 0 saturated heterocycles. The Balaban J connectivity index is 1.83. The van der Waals surface area contributed by atoms with Crippen LogP contribution < -0.4 is 5.32 Å². The molecule has 118 valence electrons. The predicted octanol–water partition coefficient (Wildman–Crippen LogP) is 4.06. The number of benzene rings is 2. The molecule has 1 aliphatic carbocycles. The highest BCUT2D eigenvalue weighted by atomic mass is 35.5. The number of carbonyl (C=O) groups is 1. The lowest BCUT2D eigenvalue weighted by Crippen LogP contribution is -2.31. The summed E-state index contributed by atoms with van der Waals surface area (Å²) in [4.78, 5) is 22.8. The maximum atomic E-state index is 12.4. The first-order chi connectivity index (χ1) is 11.1. The van der Waals surface area contributed by atoms with Crippen molar-refractivity contribution in [2.75, 3.05) is 0 Å². The van der Waals surface area contributed by atoms with Crippen molar-refractivity contribution in [1.82, 2.24) is 5.32 Å². The zero-order chi connectivity index (χ0) is 16.4. The molecule has 0 bridgehead atoms. The predicted molar refractivity (Wildman–Crippen MR) is 87.7 cm³/mol. The zero-order valence-corrected chi connectivity index (χ0v) is 13.0. The minimum Gasteiger partial charge on any atom is -0.345 e. The molecule has 0 fully saturated rings. The number of nitrogens with zero attached hydrogens (tertiary/aromatic N) is 1. The summed E-state index contributed by atoms with van der Waals surface area (Å²) < 4.78 is 0. The summed E-state index contributed by atoms with van der Waals surface area (Å²) in [5, 5.41) is 13.9. The highest BCUT2D eigenvalue weighted by Crippen LogP contribution is 2.30. The molecular formula is C17H15ClN2O3. The summed E-state index contributed by atoms with van der Waals surface area (Å²) in [6.45, 7) is 0. The Labute approximate surface area is 138 Å². The molecule has 1 atom stereocenters. The van der Waals surface area contributed by atoms with Gasteiger partial charge < -0.3 is 5.32 Å². The van der Waals surface area contributed by atoms with Crippen molar-refractivity contribution in [2.24, 2.45) is 0 Å². The van der Waals surface area contributed by atoms with Crippen LogP contribution in [-0.2, 0) is 6.42 Å². The van der Waals surface area contributed by atoms with Gasteiger partial charge in [-0.2, -0.15) is 0 Å². The van der Waals surface area contributed by atoms with Crippen LogP contribution in [0.1, 0.15) is 40.4 Å². The third kappa shape index (κ3) is 3.19. The van der Waals surface area contributed by atoms with Gasteiger partial charge in [-0.15, -0.1) is 0 Å². The number of halogens is 1. The van der Waals surface area contributed by atoms with Crippen molar-refractivity contribution in [3.63, 3.8) is 0 Å². The lowest BCUT2D eigenvalue weighted by Gasteiger charge is -2.26. The van der Waals surface area contributed by atoms with Gasteiger partial charge in [0, 0.05) is 11.6 Å². The van der Waals surface area contributed by atoms with Crippen LogP contribution >= 0.6 is 11.6 Å². The number of aryl methyl sites for hydroxylation is 1. The molecule has 0 spiro atoms. The van der Waals surface area contributed by atoms with Crippen LogP contribution in [0.15, 0.2) is 42.5 Å². The van der Waals surface area contributed by atoms with Gasteiger partial charge in [-0.1, -0.05) is 35.9 Å². The second kappa shape index (κ2) is 6.38. The van der Waals surface area contributed by atoms with Gasteiger partial charge in [0.2, 0.25) is 0 Å². The first kappa shape index (κ1) is 15.5. The minimum absolute atomic E-state index is 0.0227. The Kier molecular flexibility index (Phi) is 4.30. The summed E-state index contributed by atoms with van der Waals surface area (Å²) in [5.74, 6) is -0.327. The van der Waals surface area contributed by atoms with E-state index in [-0.39, 0.29) is 28.2 Å². The average molecular weight is 331 g/mol. The van der Waals surface area contributed by atoms with Gasteiger partial charge in [0.1, 0.15) is 5.02 Å². The molecule has 2 aromatic rings. The molecule has 0 aromatic heterocycles. The van der Waals surface area contributed by atoms with Crippen LogP contribution in [0.5, 0.6) is 0 Å². The third-order valence-corrected chi connectivity index (χ3v) is 4.40. The van der Waals surface area contributed by atoms with Crippen molar-refractivity contribution in [3.05, 3.63) is 74.3 Å². The topological polar surface area (TPSA) is 72.2 Å². The first-order valence-electron chi connectivity index (χ1n) is 7.39. The lowest BCUT2D eigenvalue weighted by atomic mass is 9.87. The third-order valence-electron chi connectivity index (χ3n) is 4.08. The van der Waals surface area contributed by atoms with Gasteiger partial charge in [-0.05, 0) is 42.5 Å². The number of carbonyl (C=O) groups excluding carboxylic acids is 1. The minimum atomic E-state index is -0.588. The average Bonchev–Trinajstić information content (AvgIpc) is 2.55. The van der Waals surface area contributed by atoms with Crippen molar-refractivity contribution in [1.29, 1.82) is 0 Å². The molecule has 1 N–H and O–H groups in total. The highest BCUT2D eigenvalue weighted by molar-refractivity contribution is 6.32. The number of nitro benzene ring substituents is 1. The Morgan fingerprint density at radius 1 is 1.26 bits per heavy atom. The smallest absolute Gasteiger partial charge is 0.288 e. The molecule has 0 saturated carbocycles. The van der Waals surface area contributed by atoms with Crippen LogP contribution in [0.2, 0.25) is 5.02 Å². The largest absolute Gasteiger partial charge is 0.345 e. The van der Waals surface area contributed by atoms with Gasteiger partial charge in [0.05, 0.1) is 11.0 Å². The molecule has 3 rings (SSSR count). The number of amides is 1. The van der Waals surface area contributed by atoms with E-state index in [9.17, 15) is 14.9 Å². The van der Waals surface area contributed by atoms with Crippen LogP contribution in [0, 0.1) is 10.1 Å². The van der Waals surface area contributed by atoms with E-state index in [4.69, 9.17) is 11.6 Å². The lowest BCUT2D eigenvalue weighted by molar-refractivity contribution is -0.384. The van der Waals surface area contributed by atoms with E-state index in [2.05, 4.69) is 11.4 Å². The highest BCUT2D eigenvalue weighted by Gasteiger charge is 2.23. The van der Waals surface area contributed by atoms with Crippen molar-refractivity contribution in [2.45, 2.75) is 25.3 Å². The van der Waals surface area contributed by atoms with Crippen molar-refractivity contribution < 1.29 is 9.72 Å². The maximum absolute atomic E-state index is 12.4. The monoisotopic (exact) mass is 330 g/mol. The molecule has 2 aromatic carbocycles. The molecule has 1 aliphatic rings. The molecule has 1 amide bonds. The molecule has 0 aliphatic heterocycles. The summed E-state index contributed by atoms with van der Waals surface area (Å²) in [6.07, 6.45) is 2.87. The van der Waals surface area contributed by atoms with E-state index in [0.29, 0.717) is 0 Å². The fourth-order valence-corrected chi connectivity index (χ4v) is 3.13. The Morgan fingerprint density at radius 3 is 2.83 bits per heavy atom. The molecule has 0 radical (unpaired) electrons. The van der Waals surface area contributed by atoms with Crippen LogP contribution in [0.3, 0.4) is 0 Å². The number of nitrogens with one attached hydrogen (secondary N) is 1. The maximum Gasteiger partial charge on any atom is 0.288 e. The summed E-state index contributed by atoms with van der Waals surface area (Å²) >= 11 is 5.78. The SMILES string of the molecule is O=C(NC1CCCc2ccccc21)c1ccc(Cl)c([N+](=O)[O-])c1. The van der Waals surface area contributed by atoms with E-state index in [0.717, 1.165) is 24.8 Å². The fourth-order valence-electron chi connectivity index (χ4n) is 2.94. The van der Waals surface area contributed by atoms with E-state index < -0.39 is 4.92 Å². The zero-order valence-electron chi connectivity index (χ0n) is 12.3. The summed E-state index contributed by atoms with van der Waals surface area (Å²) in [6, 6.07) is 12.1. The Bertz CT molecular complexity index is 776. The van der Waals surface area contributed by atoms with E-state index in [1.54, 1.807) is 0 Å². The van der Waals surface area contributed by atoms with Crippen LogP contribution in [-0.4, -0.2) is 10.8 Å².